The largest absolute Gasteiger partial charge is 0.423 e. The molecule has 27 heavy (non-hydrogen) atoms. The Hall–Kier alpha value is -4.00. The number of esters is 1. The van der Waals surface area contributed by atoms with Crippen LogP contribution in [0.2, 0.25) is 0 Å². The van der Waals surface area contributed by atoms with E-state index in [2.05, 4.69) is 4.98 Å². The van der Waals surface area contributed by atoms with E-state index in [9.17, 15) is 14.9 Å². The maximum absolute atomic E-state index is 12.1. The zero-order valence-electron chi connectivity index (χ0n) is 14.0. The van der Waals surface area contributed by atoms with Crippen molar-refractivity contribution in [3.63, 3.8) is 0 Å². The monoisotopic (exact) mass is 359 g/mol. The van der Waals surface area contributed by atoms with E-state index in [1.807, 2.05) is 6.07 Å². The van der Waals surface area contributed by atoms with Gasteiger partial charge in [-0.2, -0.15) is 0 Å². The van der Waals surface area contributed by atoms with Crippen molar-refractivity contribution in [1.82, 2.24) is 9.38 Å². The van der Waals surface area contributed by atoms with Gasteiger partial charge >= 0.3 is 5.97 Å². The van der Waals surface area contributed by atoms with E-state index in [1.54, 1.807) is 65.2 Å². The molecule has 0 unspecified atom stereocenters. The molecule has 2 aromatic heterocycles. The highest BCUT2D eigenvalue weighted by molar-refractivity contribution is 5.91. The number of carbonyl (C=O) groups is 1. The van der Waals surface area contributed by atoms with Gasteiger partial charge in [-0.25, -0.2) is 9.78 Å². The average molecular weight is 359 g/mol. The molecular formula is C20H13N3O4. The molecule has 7 nitrogen and oxygen atoms in total. The number of fused-ring (bicyclic) bond motifs is 1. The van der Waals surface area contributed by atoms with Gasteiger partial charge in [0.05, 0.1) is 22.4 Å². The van der Waals surface area contributed by atoms with Crippen molar-refractivity contribution in [2.45, 2.75) is 0 Å². The first-order chi connectivity index (χ1) is 13.1. The normalized spacial score (nSPS) is 10.7. The quantitative estimate of drug-likeness (QED) is 0.237. The molecule has 0 atom stereocenters. The minimum atomic E-state index is -0.449. The first kappa shape index (κ1) is 16.5. The molecule has 2 heterocycles. The van der Waals surface area contributed by atoms with Crippen LogP contribution in [0.1, 0.15) is 10.4 Å². The van der Waals surface area contributed by atoms with Crippen LogP contribution in [0, 0.1) is 10.1 Å². The summed E-state index contributed by atoms with van der Waals surface area (Å²) in [6.45, 7) is 0. The third kappa shape index (κ3) is 3.38. The average Bonchev–Trinajstić information content (AvgIpc) is 3.12. The van der Waals surface area contributed by atoms with Crippen molar-refractivity contribution in [1.29, 1.82) is 0 Å². The van der Waals surface area contributed by atoms with Gasteiger partial charge in [0.1, 0.15) is 11.4 Å². The third-order valence-corrected chi connectivity index (χ3v) is 4.02. The maximum atomic E-state index is 12.1. The maximum Gasteiger partial charge on any atom is 0.343 e. The molecule has 0 bridgehead atoms. The number of rotatable bonds is 4. The molecule has 7 heteroatoms. The van der Waals surface area contributed by atoms with Crippen LogP contribution >= 0.6 is 0 Å². The predicted molar refractivity (Wildman–Crippen MR) is 98.7 cm³/mol. The van der Waals surface area contributed by atoms with Crippen molar-refractivity contribution in [2.24, 2.45) is 0 Å². The van der Waals surface area contributed by atoms with E-state index in [0.29, 0.717) is 22.7 Å². The zero-order chi connectivity index (χ0) is 18.8. The summed E-state index contributed by atoms with van der Waals surface area (Å²) < 4.78 is 6.96. The molecule has 0 amide bonds. The van der Waals surface area contributed by atoms with Gasteiger partial charge in [0.15, 0.2) is 0 Å². The second-order valence-electron chi connectivity index (χ2n) is 5.82. The lowest BCUT2D eigenvalue weighted by molar-refractivity contribution is -0.385. The van der Waals surface area contributed by atoms with Crippen LogP contribution in [0.3, 0.4) is 0 Å². The Kier molecular flexibility index (Phi) is 4.10. The molecule has 0 aliphatic heterocycles. The van der Waals surface area contributed by atoms with Crippen LogP contribution in [0.4, 0.5) is 5.69 Å². The van der Waals surface area contributed by atoms with Crippen LogP contribution in [0.15, 0.2) is 79.1 Å². The van der Waals surface area contributed by atoms with Crippen molar-refractivity contribution < 1.29 is 14.5 Å². The minimum Gasteiger partial charge on any atom is -0.423 e. The van der Waals surface area contributed by atoms with Gasteiger partial charge in [0.2, 0.25) is 0 Å². The second kappa shape index (κ2) is 6.72. The Bertz CT molecular complexity index is 1140. The molecule has 2 aromatic carbocycles. The lowest BCUT2D eigenvalue weighted by Gasteiger charge is -2.04. The molecule has 0 aliphatic rings. The van der Waals surface area contributed by atoms with Gasteiger partial charge in [0, 0.05) is 17.8 Å². The Balaban J connectivity index is 1.56. The Morgan fingerprint density at radius 1 is 0.963 bits per heavy atom. The molecule has 0 spiro atoms. The number of aromatic nitrogens is 2. The van der Waals surface area contributed by atoms with E-state index in [1.165, 1.54) is 12.3 Å². The molecule has 0 fully saturated rings. The molecule has 0 radical (unpaired) electrons. The van der Waals surface area contributed by atoms with E-state index in [0.717, 1.165) is 5.56 Å². The topological polar surface area (TPSA) is 86.7 Å². The van der Waals surface area contributed by atoms with Crippen molar-refractivity contribution >= 4 is 17.3 Å². The highest BCUT2D eigenvalue weighted by Gasteiger charge is 2.11. The number of carbonyl (C=O) groups excluding carboxylic acids is 1. The van der Waals surface area contributed by atoms with Gasteiger partial charge < -0.3 is 4.74 Å². The molecular weight excluding hydrogens is 346 g/mol. The number of nitrogens with zero attached hydrogens (tertiary/aromatic N) is 3. The second-order valence-corrected chi connectivity index (χ2v) is 5.82. The summed E-state index contributed by atoms with van der Waals surface area (Å²) in [5.74, 6) is -0.00426. The Morgan fingerprint density at radius 3 is 2.41 bits per heavy atom. The molecule has 0 aliphatic carbocycles. The van der Waals surface area contributed by atoms with Crippen molar-refractivity contribution in [2.75, 3.05) is 0 Å². The fourth-order valence-electron chi connectivity index (χ4n) is 2.66. The first-order valence-electron chi connectivity index (χ1n) is 8.11. The number of benzene rings is 2. The molecule has 4 rings (SSSR count). The smallest absolute Gasteiger partial charge is 0.343 e. The number of imidazole rings is 1. The van der Waals surface area contributed by atoms with Gasteiger partial charge in [-0.15, -0.1) is 0 Å². The molecule has 132 valence electrons. The van der Waals surface area contributed by atoms with Gasteiger partial charge in [-0.05, 0) is 42.5 Å². The number of ether oxygens (including phenoxy) is 1. The first-order valence-corrected chi connectivity index (χ1v) is 8.11. The summed E-state index contributed by atoms with van der Waals surface area (Å²) in [5.41, 5.74) is 2.55. The zero-order valence-corrected chi connectivity index (χ0v) is 14.0. The van der Waals surface area contributed by atoms with Crippen molar-refractivity contribution in [3.05, 3.63) is 94.8 Å². The SMILES string of the molecule is O=C(Oc1ccc(-c2cn3cc([N+](=O)[O-])ccc3n2)cc1)c1ccccc1. The fraction of sp³-hybridized carbons (Fsp3) is 0. The van der Waals surface area contributed by atoms with Gasteiger partial charge in [-0.3, -0.25) is 14.5 Å². The van der Waals surface area contributed by atoms with Crippen LogP contribution in [-0.4, -0.2) is 20.3 Å². The molecule has 0 saturated heterocycles. The Morgan fingerprint density at radius 2 is 1.70 bits per heavy atom. The standard InChI is InChI=1S/C20H13N3O4/c24-20(15-4-2-1-3-5-15)27-17-9-6-14(7-10-17)18-13-22-12-16(23(25)26)8-11-19(22)21-18/h1-13H. The number of pyridine rings is 1. The lowest BCUT2D eigenvalue weighted by Crippen LogP contribution is -2.07. The lowest BCUT2D eigenvalue weighted by atomic mass is 10.1. The van der Waals surface area contributed by atoms with E-state index in [-0.39, 0.29) is 5.69 Å². The summed E-state index contributed by atoms with van der Waals surface area (Å²) in [7, 11) is 0. The summed E-state index contributed by atoms with van der Waals surface area (Å²) in [4.78, 5) is 27.0. The highest BCUT2D eigenvalue weighted by atomic mass is 16.6. The summed E-state index contributed by atoms with van der Waals surface area (Å²) in [6.07, 6.45) is 3.13. The summed E-state index contributed by atoms with van der Waals surface area (Å²) in [5, 5.41) is 10.9. The summed E-state index contributed by atoms with van der Waals surface area (Å²) >= 11 is 0. The van der Waals surface area contributed by atoms with Crippen LogP contribution < -0.4 is 4.74 Å². The number of hydrogen-bond donors (Lipinski definition) is 0. The Labute approximate surface area is 153 Å². The van der Waals surface area contributed by atoms with E-state index >= 15 is 0 Å². The summed E-state index contributed by atoms with van der Waals surface area (Å²) in [6, 6.07) is 18.7. The number of nitro groups is 1. The number of hydrogen-bond acceptors (Lipinski definition) is 5. The van der Waals surface area contributed by atoms with Gasteiger partial charge in [-0.1, -0.05) is 18.2 Å². The molecule has 0 N–H and O–H groups in total. The minimum absolute atomic E-state index is 0.00498. The third-order valence-electron chi connectivity index (χ3n) is 4.02. The van der Waals surface area contributed by atoms with Crippen LogP contribution in [-0.2, 0) is 0 Å². The molecule has 4 aromatic rings. The molecule has 0 saturated carbocycles. The van der Waals surface area contributed by atoms with Crippen molar-refractivity contribution in [3.8, 4) is 17.0 Å². The van der Waals surface area contributed by atoms with E-state index < -0.39 is 10.9 Å². The van der Waals surface area contributed by atoms with Crippen LogP contribution in [0.5, 0.6) is 5.75 Å². The van der Waals surface area contributed by atoms with Crippen LogP contribution in [0.25, 0.3) is 16.9 Å². The highest BCUT2D eigenvalue weighted by Crippen LogP contribution is 2.24. The predicted octanol–water partition coefficient (Wildman–Crippen LogP) is 4.13. The fourth-order valence-corrected chi connectivity index (χ4v) is 2.66. The van der Waals surface area contributed by atoms with Gasteiger partial charge in [0.25, 0.3) is 5.69 Å². The van der Waals surface area contributed by atoms with E-state index in [4.69, 9.17) is 4.74 Å².